The molecule has 0 fully saturated rings. The van der Waals surface area contributed by atoms with Gasteiger partial charge in [-0.15, -0.1) is 0 Å². The second kappa shape index (κ2) is 7.62. The molecule has 1 aliphatic heterocycles. The Labute approximate surface area is 180 Å². The third kappa shape index (κ3) is 3.45. The number of fused-ring (bicyclic) bond motifs is 1. The molecule has 0 amide bonds. The first-order chi connectivity index (χ1) is 13.9. The van der Waals surface area contributed by atoms with Crippen molar-refractivity contribution in [3.05, 3.63) is 58.1 Å². The Hall–Kier alpha value is -2.53. The molecule has 1 unspecified atom stereocenters. The van der Waals surface area contributed by atoms with Crippen molar-refractivity contribution in [2.75, 3.05) is 13.7 Å². The molecular weight excluding hydrogens is 428 g/mol. The minimum absolute atomic E-state index is 0.192. The van der Waals surface area contributed by atoms with Gasteiger partial charge >= 0.3 is 5.97 Å². The van der Waals surface area contributed by atoms with Crippen LogP contribution in [-0.4, -0.2) is 38.0 Å². The molecule has 2 aromatic carbocycles. The van der Waals surface area contributed by atoms with Crippen molar-refractivity contribution in [1.29, 1.82) is 0 Å². The van der Waals surface area contributed by atoms with Gasteiger partial charge in [0.2, 0.25) is 0 Å². The fourth-order valence-corrected chi connectivity index (χ4v) is 5.70. The smallest absolute Gasteiger partial charge is 0.341 e. The van der Waals surface area contributed by atoms with Crippen LogP contribution in [0.15, 0.2) is 41.3 Å². The SMILES string of the molecule is COC1(C)c2ccc(C#Cc3cc(Cl)ccc3OCC(=O)O)cc2S(=O)(=O)C1(C)C. The van der Waals surface area contributed by atoms with Gasteiger partial charge in [-0.1, -0.05) is 29.5 Å². The normalized spacial score (nSPS) is 20.7. The minimum atomic E-state index is -3.65. The van der Waals surface area contributed by atoms with Crippen molar-refractivity contribution in [3.63, 3.8) is 0 Å². The van der Waals surface area contributed by atoms with Crippen molar-refractivity contribution in [3.8, 4) is 17.6 Å². The predicted molar refractivity (Wildman–Crippen MR) is 113 cm³/mol. The van der Waals surface area contributed by atoms with Gasteiger partial charge in [-0.05, 0) is 51.1 Å². The predicted octanol–water partition coefficient (Wildman–Crippen LogP) is 3.63. The molecule has 0 radical (unpaired) electrons. The van der Waals surface area contributed by atoms with E-state index in [1.165, 1.54) is 19.2 Å². The van der Waals surface area contributed by atoms with Gasteiger partial charge in [-0.2, -0.15) is 0 Å². The quantitative estimate of drug-likeness (QED) is 0.718. The Bertz CT molecular complexity index is 1190. The van der Waals surface area contributed by atoms with Crippen LogP contribution >= 0.6 is 11.6 Å². The lowest BCUT2D eigenvalue weighted by molar-refractivity contribution is -0.139. The minimum Gasteiger partial charge on any atom is -0.481 e. The van der Waals surface area contributed by atoms with Crippen molar-refractivity contribution in [1.82, 2.24) is 0 Å². The summed E-state index contributed by atoms with van der Waals surface area (Å²) in [7, 11) is -2.15. The van der Waals surface area contributed by atoms with E-state index in [-0.39, 0.29) is 10.6 Å². The van der Waals surface area contributed by atoms with Gasteiger partial charge in [0.15, 0.2) is 16.4 Å². The molecule has 1 N–H and O–H groups in total. The van der Waals surface area contributed by atoms with Crippen LogP contribution in [0.1, 0.15) is 37.5 Å². The van der Waals surface area contributed by atoms with Crippen LogP contribution in [0.3, 0.4) is 0 Å². The van der Waals surface area contributed by atoms with Crippen LogP contribution in [0, 0.1) is 11.8 Å². The van der Waals surface area contributed by atoms with E-state index in [4.69, 9.17) is 26.2 Å². The molecule has 0 spiro atoms. The maximum atomic E-state index is 13.1. The van der Waals surface area contributed by atoms with Crippen molar-refractivity contribution >= 4 is 27.4 Å². The lowest BCUT2D eigenvalue weighted by Gasteiger charge is -2.35. The molecule has 0 aromatic heterocycles. The van der Waals surface area contributed by atoms with Crippen molar-refractivity contribution in [2.45, 2.75) is 36.0 Å². The van der Waals surface area contributed by atoms with Gasteiger partial charge in [0.05, 0.1) is 10.5 Å². The van der Waals surface area contributed by atoms with Crippen LogP contribution in [0.5, 0.6) is 5.75 Å². The largest absolute Gasteiger partial charge is 0.481 e. The number of hydrogen-bond donors (Lipinski definition) is 1. The highest BCUT2D eigenvalue weighted by Gasteiger charge is 2.60. The molecule has 2 aromatic rings. The number of aliphatic carboxylic acids is 1. The fraction of sp³-hybridized carbons (Fsp3) is 0.318. The zero-order valence-corrected chi connectivity index (χ0v) is 18.5. The monoisotopic (exact) mass is 448 g/mol. The van der Waals surface area contributed by atoms with E-state index < -0.39 is 32.8 Å². The standard InChI is InChI=1S/C22H21ClO6S/c1-21(2)22(3,28-4)17-9-6-14(11-19(17)30(21,26)27)5-7-15-12-16(23)8-10-18(15)29-13-20(24)25/h6,8-12H,13H2,1-4H3,(H,24,25). The molecule has 0 saturated heterocycles. The maximum Gasteiger partial charge on any atom is 0.341 e. The Kier molecular flexibility index (Phi) is 5.63. The van der Waals surface area contributed by atoms with Gasteiger partial charge in [0.1, 0.15) is 16.1 Å². The molecule has 0 saturated carbocycles. The number of halogens is 1. The van der Waals surface area contributed by atoms with Gasteiger partial charge in [0.25, 0.3) is 0 Å². The molecule has 3 rings (SSSR count). The van der Waals surface area contributed by atoms with Gasteiger partial charge < -0.3 is 14.6 Å². The summed E-state index contributed by atoms with van der Waals surface area (Å²) in [6.07, 6.45) is 0. The number of benzene rings is 2. The molecule has 30 heavy (non-hydrogen) atoms. The molecule has 1 atom stereocenters. The second-order valence-electron chi connectivity index (χ2n) is 7.53. The first-order valence-corrected chi connectivity index (χ1v) is 10.9. The first-order valence-electron chi connectivity index (χ1n) is 9.04. The van der Waals surface area contributed by atoms with E-state index in [0.717, 1.165) is 0 Å². The summed E-state index contributed by atoms with van der Waals surface area (Å²) in [6, 6.07) is 9.64. The molecule has 0 aliphatic carbocycles. The highest BCUT2D eigenvalue weighted by Crippen LogP contribution is 2.52. The van der Waals surface area contributed by atoms with E-state index in [2.05, 4.69) is 11.8 Å². The summed E-state index contributed by atoms with van der Waals surface area (Å²) >= 11 is 6.02. The average molecular weight is 449 g/mol. The number of rotatable bonds is 4. The summed E-state index contributed by atoms with van der Waals surface area (Å²) in [4.78, 5) is 11.0. The highest BCUT2D eigenvalue weighted by molar-refractivity contribution is 7.93. The third-order valence-electron chi connectivity index (χ3n) is 5.65. The number of methoxy groups -OCH3 is 1. The van der Waals surface area contributed by atoms with Gasteiger partial charge in [-0.3, -0.25) is 0 Å². The van der Waals surface area contributed by atoms with Crippen LogP contribution < -0.4 is 4.74 Å². The van der Waals surface area contributed by atoms with Crippen LogP contribution in [0.25, 0.3) is 0 Å². The molecule has 0 bridgehead atoms. The van der Waals surface area contributed by atoms with Gasteiger partial charge in [0, 0.05) is 23.3 Å². The molecule has 6 nitrogen and oxygen atoms in total. The lowest BCUT2D eigenvalue weighted by Crippen LogP contribution is -2.46. The summed E-state index contributed by atoms with van der Waals surface area (Å²) in [5, 5.41) is 9.23. The van der Waals surface area contributed by atoms with Crippen LogP contribution in [-0.2, 0) is 25.0 Å². The summed E-state index contributed by atoms with van der Waals surface area (Å²) < 4.78 is 36.0. The number of carboxylic acids is 1. The Balaban J connectivity index is 2.05. The van der Waals surface area contributed by atoms with E-state index in [0.29, 0.717) is 21.7 Å². The van der Waals surface area contributed by atoms with Crippen molar-refractivity contribution < 1.29 is 27.8 Å². The second-order valence-corrected chi connectivity index (χ2v) is 10.4. The number of hydrogen-bond acceptors (Lipinski definition) is 5. The van der Waals surface area contributed by atoms with Crippen molar-refractivity contribution in [2.24, 2.45) is 0 Å². The highest BCUT2D eigenvalue weighted by atomic mass is 35.5. The first kappa shape index (κ1) is 22.2. The van der Waals surface area contributed by atoms with Gasteiger partial charge in [-0.25, -0.2) is 13.2 Å². The van der Waals surface area contributed by atoms with E-state index in [9.17, 15) is 13.2 Å². The maximum absolute atomic E-state index is 13.1. The topological polar surface area (TPSA) is 89.9 Å². The lowest BCUT2D eigenvalue weighted by atomic mass is 9.84. The molecular formula is C22H21ClO6S. The molecule has 8 heteroatoms. The number of ether oxygens (including phenoxy) is 2. The summed E-state index contributed by atoms with van der Waals surface area (Å²) in [6.45, 7) is 4.54. The zero-order valence-electron chi connectivity index (χ0n) is 16.9. The third-order valence-corrected chi connectivity index (χ3v) is 8.53. The summed E-state index contributed by atoms with van der Waals surface area (Å²) in [5.41, 5.74) is 0.485. The Morgan fingerprint density at radius 1 is 1.13 bits per heavy atom. The summed E-state index contributed by atoms with van der Waals surface area (Å²) in [5.74, 6) is 4.96. The van der Waals surface area contributed by atoms with E-state index in [1.807, 2.05) is 0 Å². The number of carbonyl (C=O) groups is 1. The van der Waals surface area contributed by atoms with E-state index in [1.54, 1.807) is 45.0 Å². The molecule has 1 heterocycles. The molecule has 1 aliphatic rings. The van der Waals surface area contributed by atoms with Crippen LogP contribution in [0.2, 0.25) is 5.02 Å². The average Bonchev–Trinajstić information content (AvgIpc) is 2.81. The zero-order chi connectivity index (χ0) is 22.3. The Morgan fingerprint density at radius 3 is 2.47 bits per heavy atom. The molecule has 158 valence electrons. The van der Waals surface area contributed by atoms with Crippen LogP contribution in [0.4, 0.5) is 0 Å². The number of sulfone groups is 1. The number of carboxylic acid groups (broad SMARTS) is 1. The van der Waals surface area contributed by atoms with E-state index >= 15 is 0 Å². The fourth-order valence-electron chi connectivity index (χ4n) is 3.43. The Morgan fingerprint density at radius 2 is 1.83 bits per heavy atom.